The second-order valence-electron chi connectivity index (χ2n) is 11.7. The first kappa shape index (κ1) is 36.8. The summed E-state index contributed by atoms with van der Waals surface area (Å²) in [6.07, 6.45) is 2.36. The number of nitrogens with zero attached hydrogens (tertiary/aromatic N) is 2. The summed E-state index contributed by atoms with van der Waals surface area (Å²) in [6.45, 7) is 5.17. The van der Waals surface area contributed by atoms with Gasteiger partial charge < -0.3 is 30.2 Å². The van der Waals surface area contributed by atoms with Crippen LogP contribution in [0.3, 0.4) is 0 Å². The molecule has 0 bridgehead atoms. The van der Waals surface area contributed by atoms with E-state index >= 15 is 0 Å². The maximum Gasteiger partial charge on any atom is 0.407 e. The first-order chi connectivity index (χ1) is 23.2. The van der Waals surface area contributed by atoms with Crippen molar-refractivity contribution in [1.29, 1.82) is 0 Å². The van der Waals surface area contributed by atoms with E-state index in [4.69, 9.17) is 25.8 Å². The van der Waals surface area contributed by atoms with Crippen LogP contribution in [0, 0.1) is 0 Å². The van der Waals surface area contributed by atoms with Crippen molar-refractivity contribution in [1.82, 2.24) is 15.3 Å². The first-order valence-corrected chi connectivity index (χ1v) is 17.2. The number of sulfone groups is 1. The van der Waals surface area contributed by atoms with E-state index in [-0.39, 0.29) is 53.2 Å². The van der Waals surface area contributed by atoms with Crippen molar-refractivity contribution in [2.75, 3.05) is 30.0 Å². The molecule has 49 heavy (non-hydrogen) atoms. The molecule has 3 amide bonds. The van der Waals surface area contributed by atoms with Crippen LogP contribution in [-0.4, -0.2) is 67.4 Å². The Morgan fingerprint density at radius 2 is 1.67 bits per heavy atom. The molecule has 4 aromatic rings. The number of anilines is 2. The molecule has 0 spiro atoms. The third-order valence-corrected chi connectivity index (χ3v) is 7.83. The molecule has 0 radical (unpaired) electrons. The summed E-state index contributed by atoms with van der Waals surface area (Å²) in [5.41, 5.74) is 0.0701. The van der Waals surface area contributed by atoms with Gasteiger partial charge in [-0.2, -0.15) is 0 Å². The molecule has 2 aromatic carbocycles. The fraction of sp³-hybridized carbons (Fsp3) is 0.265. The van der Waals surface area contributed by atoms with Crippen LogP contribution >= 0.6 is 11.6 Å². The largest absolute Gasteiger partial charge is 0.490 e. The number of alkyl carbamates (subject to hydrolysis) is 1. The molecular formula is C34H36ClN5O8S. The SMILES string of the molecule is CC(C)(C)OC(=O)NC[C@H](COc1cc(S(C)(=O)=O)ccc1C(=O)Nc1cccnc1C(=O)Nc1ccc(Cl)cn1)OCc1ccccc1. The van der Waals surface area contributed by atoms with Crippen molar-refractivity contribution >= 4 is 50.9 Å². The van der Waals surface area contributed by atoms with E-state index in [1.165, 1.54) is 48.8 Å². The molecule has 15 heteroatoms. The minimum Gasteiger partial charge on any atom is -0.490 e. The zero-order chi connectivity index (χ0) is 35.6. The molecule has 3 N–H and O–H groups in total. The summed E-state index contributed by atoms with van der Waals surface area (Å²) in [4.78, 5) is 47.1. The number of ether oxygens (including phenoxy) is 3. The Bertz CT molecular complexity index is 1890. The van der Waals surface area contributed by atoms with Gasteiger partial charge in [-0.1, -0.05) is 41.9 Å². The molecule has 1 atom stereocenters. The quantitative estimate of drug-likeness (QED) is 0.160. The highest BCUT2D eigenvalue weighted by molar-refractivity contribution is 7.90. The molecule has 4 rings (SSSR count). The molecule has 0 saturated carbocycles. The molecule has 0 saturated heterocycles. The van der Waals surface area contributed by atoms with Gasteiger partial charge in [0.05, 0.1) is 34.3 Å². The second-order valence-corrected chi connectivity index (χ2v) is 14.2. The van der Waals surface area contributed by atoms with Gasteiger partial charge in [-0.15, -0.1) is 0 Å². The summed E-state index contributed by atoms with van der Waals surface area (Å²) in [5, 5.41) is 8.30. The van der Waals surface area contributed by atoms with Crippen LogP contribution in [0.4, 0.5) is 16.3 Å². The Hall–Kier alpha value is -5.05. The number of rotatable bonds is 13. The summed E-state index contributed by atoms with van der Waals surface area (Å²) < 4.78 is 42.3. The minimum absolute atomic E-state index is 0.0221. The molecule has 13 nitrogen and oxygen atoms in total. The Morgan fingerprint density at radius 1 is 0.918 bits per heavy atom. The molecule has 0 aliphatic rings. The number of halogens is 1. The van der Waals surface area contributed by atoms with Crippen LogP contribution in [0.15, 0.2) is 90.1 Å². The number of hydrogen-bond acceptors (Lipinski definition) is 10. The van der Waals surface area contributed by atoms with Gasteiger partial charge in [0.25, 0.3) is 11.8 Å². The van der Waals surface area contributed by atoms with Gasteiger partial charge in [-0.05, 0) is 68.8 Å². The lowest BCUT2D eigenvalue weighted by atomic mass is 10.1. The van der Waals surface area contributed by atoms with Gasteiger partial charge in [-0.25, -0.2) is 23.2 Å². The van der Waals surface area contributed by atoms with E-state index in [9.17, 15) is 22.8 Å². The zero-order valence-electron chi connectivity index (χ0n) is 27.2. The average Bonchev–Trinajstić information content (AvgIpc) is 3.04. The predicted molar refractivity (Wildman–Crippen MR) is 184 cm³/mol. The maximum atomic E-state index is 13.6. The van der Waals surface area contributed by atoms with Gasteiger partial charge in [0.2, 0.25) is 0 Å². The molecule has 0 unspecified atom stereocenters. The monoisotopic (exact) mass is 709 g/mol. The van der Waals surface area contributed by atoms with Crippen LogP contribution in [0.25, 0.3) is 0 Å². The third-order valence-electron chi connectivity index (χ3n) is 6.49. The Kier molecular flexibility index (Phi) is 12.3. The third kappa shape index (κ3) is 11.6. The van der Waals surface area contributed by atoms with Crippen LogP contribution in [0.5, 0.6) is 5.75 Å². The molecule has 2 heterocycles. The number of hydrogen-bond donors (Lipinski definition) is 3. The molecular weight excluding hydrogens is 674 g/mol. The smallest absolute Gasteiger partial charge is 0.407 e. The number of aromatic nitrogens is 2. The molecule has 0 aliphatic heterocycles. The van der Waals surface area contributed by atoms with Gasteiger partial charge >= 0.3 is 6.09 Å². The van der Waals surface area contributed by atoms with Crippen molar-refractivity contribution in [2.45, 2.75) is 44.0 Å². The van der Waals surface area contributed by atoms with Crippen LogP contribution in [-0.2, 0) is 25.9 Å². The summed E-state index contributed by atoms with van der Waals surface area (Å²) >= 11 is 5.88. The topological polar surface area (TPSA) is 175 Å². The average molecular weight is 710 g/mol. The minimum atomic E-state index is -3.69. The lowest BCUT2D eigenvalue weighted by Crippen LogP contribution is -2.40. The number of amides is 3. The maximum absolute atomic E-state index is 13.6. The first-order valence-electron chi connectivity index (χ1n) is 15.0. The van der Waals surface area contributed by atoms with Gasteiger partial charge in [-0.3, -0.25) is 9.59 Å². The normalized spacial score (nSPS) is 12.0. The lowest BCUT2D eigenvalue weighted by molar-refractivity contribution is 0.00524. The Balaban J connectivity index is 1.56. The molecule has 0 aliphatic carbocycles. The Morgan fingerprint density at radius 3 is 2.35 bits per heavy atom. The van der Waals surface area contributed by atoms with Gasteiger partial charge in [0, 0.05) is 18.6 Å². The van der Waals surface area contributed by atoms with E-state index < -0.39 is 39.4 Å². The number of nitrogens with one attached hydrogen (secondary N) is 3. The number of carbonyl (C=O) groups is 3. The van der Waals surface area contributed by atoms with E-state index in [0.29, 0.717) is 5.02 Å². The molecule has 258 valence electrons. The molecule has 2 aromatic heterocycles. The van der Waals surface area contributed by atoms with Crippen LogP contribution in [0.1, 0.15) is 47.2 Å². The summed E-state index contributed by atoms with van der Waals surface area (Å²) in [7, 11) is -3.69. The standard InChI is InChI=1S/C34H36ClN5O8S/c1-34(2,3)48-33(43)38-19-24(46-20-22-9-6-5-7-10-22)21-47-28-17-25(49(4,44)45)13-14-26(28)31(41)39-27-11-8-16-36-30(27)32(42)40-29-15-12-23(35)18-37-29/h5-18,24H,19-21H2,1-4H3,(H,38,43)(H,39,41)(H,37,40,42)/t24-/m1/s1. The second kappa shape index (κ2) is 16.4. The Labute approximate surface area is 289 Å². The van der Waals surface area contributed by atoms with E-state index in [0.717, 1.165) is 11.8 Å². The lowest BCUT2D eigenvalue weighted by Gasteiger charge is -2.23. The van der Waals surface area contributed by atoms with E-state index in [2.05, 4.69) is 25.9 Å². The van der Waals surface area contributed by atoms with Crippen LogP contribution < -0.4 is 20.7 Å². The van der Waals surface area contributed by atoms with Crippen molar-refractivity contribution in [3.63, 3.8) is 0 Å². The van der Waals surface area contributed by atoms with Gasteiger partial charge in [0.1, 0.15) is 29.9 Å². The highest BCUT2D eigenvalue weighted by Gasteiger charge is 2.23. The fourth-order valence-electron chi connectivity index (χ4n) is 4.19. The number of pyridine rings is 2. The fourth-order valence-corrected chi connectivity index (χ4v) is 4.94. The predicted octanol–water partition coefficient (Wildman–Crippen LogP) is 5.53. The van der Waals surface area contributed by atoms with Gasteiger partial charge in [0.15, 0.2) is 15.5 Å². The van der Waals surface area contributed by atoms with E-state index in [1.54, 1.807) is 26.8 Å². The highest BCUT2D eigenvalue weighted by Crippen LogP contribution is 2.26. The highest BCUT2D eigenvalue weighted by atomic mass is 35.5. The number of carbonyl (C=O) groups excluding carboxylic acids is 3. The van der Waals surface area contributed by atoms with Crippen LogP contribution in [0.2, 0.25) is 5.02 Å². The van der Waals surface area contributed by atoms with Crippen molar-refractivity contribution in [2.24, 2.45) is 0 Å². The number of benzene rings is 2. The van der Waals surface area contributed by atoms with Crippen molar-refractivity contribution in [3.05, 3.63) is 107 Å². The van der Waals surface area contributed by atoms with Crippen molar-refractivity contribution in [3.8, 4) is 5.75 Å². The van der Waals surface area contributed by atoms with Crippen molar-refractivity contribution < 1.29 is 37.0 Å². The van der Waals surface area contributed by atoms with E-state index in [1.807, 2.05) is 30.3 Å². The zero-order valence-corrected chi connectivity index (χ0v) is 28.8. The molecule has 0 fully saturated rings. The summed E-state index contributed by atoms with van der Waals surface area (Å²) in [6, 6.07) is 19.2. The summed E-state index contributed by atoms with van der Waals surface area (Å²) in [5.74, 6) is -1.22.